The summed E-state index contributed by atoms with van der Waals surface area (Å²) in [6.07, 6.45) is 5.70. The smallest absolute Gasteiger partial charge is 0.226 e. The van der Waals surface area contributed by atoms with Gasteiger partial charge in [0.25, 0.3) is 0 Å². The van der Waals surface area contributed by atoms with Crippen molar-refractivity contribution in [1.29, 1.82) is 0 Å². The van der Waals surface area contributed by atoms with E-state index in [4.69, 9.17) is 4.74 Å². The summed E-state index contributed by atoms with van der Waals surface area (Å²) in [7, 11) is 2.16. The first-order valence-corrected chi connectivity index (χ1v) is 9.20. The molecule has 2 aliphatic heterocycles. The Balaban J connectivity index is 1.23. The topological polar surface area (TPSA) is 65.9 Å². The highest BCUT2D eigenvalue weighted by Crippen LogP contribution is 2.41. The molecule has 6 heteroatoms. The van der Waals surface area contributed by atoms with Crippen molar-refractivity contribution in [2.24, 2.45) is 11.8 Å². The Labute approximate surface area is 148 Å². The van der Waals surface area contributed by atoms with E-state index in [1.54, 1.807) is 12.4 Å². The SMILES string of the molecule is CN1CC(COCc2ccncc2)CC12CN(C(=O)C1CC(O)C1)C2. The molecular formula is C19H27N3O3. The molecule has 1 saturated carbocycles. The van der Waals surface area contributed by atoms with Gasteiger partial charge < -0.3 is 14.7 Å². The van der Waals surface area contributed by atoms with Gasteiger partial charge in [-0.15, -0.1) is 0 Å². The van der Waals surface area contributed by atoms with Crippen molar-refractivity contribution in [2.75, 3.05) is 33.3 Å². The molecule has 4 rings (SSSR count). The van der Waals surface area contributed by atoms with Gasteiger partial charge >= 0.3 is 0 Å². The fraction of sp³-hybridized carbons (Fsp3) is 0.684. The first-order chi connectivity index (χ1) is 12.1. The van der Waals surface area contributed by atoms with Crippen molar-refractivity contribution in [1.82, 2.24) is 14.8 Å². The summed E-state index contributed by atoms with van der Waals surface area (Å²) < 4.78 is 5.90. The summed E-state index contributed by atoms with van der Waals surface area (Å²) in [6, 6.07) is 3.96. The lowest BCUT2D eigenvalue weighted by Gasteiger charge is -2.53. The van der Waals surface area contributed by atoms with Gasteiger partial charge in [-0.3, -0.25) is 14.7 Å². The predicted molar refractivity (Wildman–Crippen MR) is 92.7 cm³/mol. The number of amides is 1. The molecule has 1 amide bonds. The number of hydrogen-bond donors (Lipinski definition) is 1. The van der Waals surface area contributed by atoms with E-state index in [2.05, 4.69) is 16.9 Å². The number of nitrogens with zero attached hydrogens (tertiary/aromatic N) is 3. The van der Waals surface area contributed by atoms with Crippen molar-refractivity contribution in [3.63, 3.8) is 0 Å². The van der Waals surface area contributed by atoms with Crippen LogP contribution in [0.4, 0.5) is 0 Å². The minimum Gasteiger partial charge on any atom is -0.393 e. The molecule has 1 spiro atoms. The Morgan fingerprint density at radius 3 is 2.76 bits per heavy atom. The van der Waals surface area contributed by atoms with Gasteiger partial charge in [0.2, 0.25) is 5.91 Å². The zero-order chi connectivity index (χ0) is 17.4. The van der Waals surface area contributed by atoms with Crippen LogP contribution in [-0.4, -0.2) is 70.7 Å². The lowest BCUT2D eigenvalue weighted by molar-refractivity contribution is -0.154. The van der Waals surface area contributed by atoms with Gasteiger partial charge in [-0.05, 0) is 49.9 Å². The van der Waals surface area contributed by atoms with Gasteiger partial charge in [-0.25, -0.2) is 0 Å². The number of aromatic nitrogens is 1. The second-order valence-corrected chi connectivity index (χ2v) is 8.06. The summed E-state index contributed by atoms with van der Waals surface area (Å²) in [5, 5.41) is 9.39. The molecule has 0 aromatic carbocycles. The van der Waals surface area contributed by atoms with Gasteiger partial charge in [0.1, 0.15) is 0 Å². The fourth-order valence-electron chi connectivity index (χ4n) is 4.51. The molecule has 1 aromatic rings. The van der Waals surface area contributed by atoms with Crippen LogP contribution in [0.3, 0.4) is 0 Å². The van der Waals surface area contributed by atoms with Crippen LogP contribution < -0.4 is 0 Å². The Kier molecular flexibility index (Phi) is 4.52. The van der Waals surface area contributed by atoms with Crippen LogP contribution >= 0.6 is 0 Å². The third-order valence-electron chi connectivity index (χ3n) is 6.13. The van der Waals surface area contributed by atoms with Crippen LogP contribution in [0.1, 0.15) is 24.8 Å². The zero-order valence-corrected chi connectivity index (χ0v) is 14.8. The highest BCUT2D eigenvalue weighted by atomic mass is 16.5. The second-order valence-electron chi connectivity index (χ2n) is 8.06. The molecule has 136 valence electrons. The van der Waals surface area contributed by atoms with E-state index >= 15 is 0 Å². The number of likely N-dealkylation sites (tertiary alicyclic amines) is 2. The monoisotopic (exact) mass is 345 g/mol. The molecular weight excluding hydrogens is 318 g/mol. The molecule has 3 heterocycles. The third-order valence-corrected chi connectivity index (χ3v) is 6.13. The van der Waals surface area contributed by atoms with Gasteiger partial charge in [-0.2, -0.15) is 0 Å². The molecule has 25 heavy (non-hydrogen) atoms. The Hall–Kier alpha value is -1.50. The molecule has 0 bridgehead atoms. The number of ether oxygens (including phenoxy) is 1. The molecule has 3 fully saturated rings. The van der Waals surface area contributed by atoms with Gasteiger partial charge in [0.15, 0.2) is 0 Å². The lowest BCUT2D eigenvalue weighted by Crippen LogP contribution is -2.69. The maximum Gasteiger partial charge on any atom is 0.226 e. The summed E-state index contributed by atoms with van der Waals surface area (Å²) in [5.74, 6) is 0.815. The second kappa shape index (κ2) is 6.67. The van der Waals surface area contributed by atoms with Gasteiger partial charge in [0, 0.05) is 37.9 Å². The maximum atomic E-state index is 12.4. The van der Waals surface area contributed by atoms with E-state index in [9.17, 15) is 9.90 Å². The summed E-state index contributed by atoms with van der Waals surface area (Å²) in [5.41, 5.74) is 1.29. The molecule has 1 aliphatic carbocycles. The number of hydrogen-bond acceptors (Lipinski definition) is 5. The summed E-state index contributed by atoms with van der Waals surface area (Å²) in [4.78, 5) is 20.8. The molecule has 1 unspecified atom stereocenters. The minimum absolute atomic E-state index is 0.0542. The van der Waals surface area contributed by atoms with E-state index in [1.807, 2.05) is 17.0 Å². The highest BCUT2D eigenvalue weighted by Gasteiger charge is 2.54. The van der Waals surface area contributed by atoms with Crippen LogP contribution in [0.15, 0.2) is 24.5 Å². The molecule has 0 radical (unpaired) electrons. The van der Waals surface area contributed by atoms with Gasteiger partial charge in [0.05, 0.1) is 24.9 Å². The first kappa shape index (κ1) is 16.9. The number of aliphatic hydroxyl groups excluding tert-OH is 1. The van der Waals surface area contributed by atoms with Crippen LogP contribution in [0, 0.1) is 11.8 Å². The minimum atomic E-state index is -0.264. The van der Waals surface area contributed by atoms with Crippen molar-refractivity contribution in [2.45, 2.75) is 37.5 Å². The van der Waals surface area contributed by atoms with Gasteiger partial charge in [-0.1, -0.05) is 0 Å². The predicted octanol–water partition coefficient (Wildman–Crippen LogP) is 0.902. The molecule has 1 N–H and O–H groups in total. The maximum absolute atomic E-state index is 12.4. The normalized spacial score (nSPS) is 31.0. The molecule has 1 atom stereocenters. The zero-order valence-electron chi connectivity index (χ0n) is 14.8. The Morgan fingerprint density at radius 2 is 2.08 bits per heavy atom. The first-order valence-electron chi connectivity index (χ1n) is 9.20. The van der Waals surface area contributed by atoms with E-state index in [-0.39, 0.29) is 23.5 Å². The number of carbonyl (C=O) groups is 1. The Bertz CT molecular complexity index is 612. The van der Waals surface area contributed by atoms with E-state index in [0.29, 0.717) is 25.4 Å². The third kappa shape index (κ3) is 3.30. The van der Waals surface area contributed by atoms with E-state index in [0.717, 1.165) is 38.2 Å². The molecule has 2 saturated heterocycles. The standard InChI is InChI=1S/C19H27N3O3/c1-21-9-15(11-25-10-14-2-4-20-5-3-14)8-19(21)12-22(13-19)18(24)16-6-17(23)7-16/h2-5,15-17,23H,6-13H2,1H3. The van der Waals surface area contributed by atoms with Crippen molar-refractivity contribution < 1.29 is 14.6 Å². The Morgan fingerprint density at radius 1 is 1.36 bits per heavy atom. The average molecular weight is 345 g/mol. The molecule has 3 aliphatic rings. The van der Waals surface area contributed by atoms with Crippen LogP contribution in [0.25, 0.3) is 0 Å². The van der Waals surface area contributed by atoms with E-state index in [1.165, 1.54) is 0 Å². The van der Waals surface area contributed by atoms with Crippen LogP contribution in [0.2, 0.25) is 0 Å². The quantitative estimate of drug-likeness (QED) is 0.859. The van der Waals surface area contributed by atoms with Crippen molar-refractivity contribution in [3.8, 4) is 0 Å². The number of pyridine rings is 1. The largest absolute Gasteiger partial charge is 0.393 e. The molecule has 6 nitrogen and oxygen atoms in total. The number of aliphatic hydroxyl groups is 1. The summed E-state index contributed by atoms with van der Waals surface area (Å²) >= 11 is 0. The average Bonchev–Trinajstić information content (AvgIpc) is 2.87. The summed E-state index contributed by atoms with van der Waals surface area (Å²) in [6.45, 7) is 4.08. The van der Waals surface area contributed by atoms with Crippen molar-refractivity contribution in [3.05, 3.63) is 30.1 Å². The number of carbonyl (C=O) groups excluding carboxylic acids is 1. The van der Waals surface area contributed by atoms with Crippen LogP contribution in [-0.2, 0) is 16.1 Å². The van der Waals surface area contributed by atoms with E-state index < -0.39 is 0 Å². The van der Waals surface area contributed by atoms with Crippen LogP contribution in [0.5, 0.6) is 0 Å². The fourth-order valence-corrected chi connectivity index (χ4v) is 4.51. The number of likely N-dealkylation sites (N-methyl/N-ethyl adjacent to an activating group) is 1. The number of rotatable bonds is 5. The lowest BCUT2D eigenvalue weighted by atomic mass is 9.78. The van der Waals surface area contributed by atoms with Crippen molar-refractivity contribution >= 4 is 5.91 Å². The highest BCUT2D eigenvalue weighted by molar-refractivity contribution is 5.81. The molecule has 1 aromatic heterocycles.